The largest absolute Gasteiger partial charge is 0.479 e. The first-order valence-corrected chi connectivity index (χ1v) is 8.32. The normalized spacial score (nSPS) is 11.6. The van der Waals surface area contributed by atoms with E-state index in [1.807, 2.05) is 13.0 Å². The van der Waals surface area contributed by atoms with Crippen LogP contribution in [0.15, 0.2) is 36.4 Å². The molecule has 2 amide bonds. The van der Waals surface area contributed by atoms with Crippen LogP contribution in [0.3, 0.4) is 0 Å². The maximum absolute atomic E-state index is 12.4. The van der Waals surface area contributed by atoms with Crippen molar-refractivity contribution in [2.24, 2.45) is 0 Å². The fourth-order valence-electron chi connectivity index (χ4n) is 2.09. The van der Waals surface area contributed by atoms with Crippen molar-refractivity contribution < 1.29 is 14.3 Å². The molecule has 132 valence electrons. The Morgan fingerprint density at radius 3 is 2.44 bits per heavy atom. The molecule has 0 heterocycles. The quantitative estimate of drug-likeness (QED) is 0.791. The minimum absolute atomic E-state index is 0.185. The number of hydrogen-bond acceptors (Lipinski definition) is 3. The Labute approximate surface area is 156 Å². The summed E-state index contributed by atoms with van der Waals surface area (Å²) in [6, 6.07) is 10.1. The van der Waals surface area contributed by atoms with Gasteiger partial charge in [-0.25, -0.2) is 0 Å². The maximum atomic E-state index is 12.4. The summed E-state index contributed by atoms with van der Waals surface area (Å²) in [7, 11) is 0. The highest BCUT2D eigenvalue weighted by atomic mass is 35.5. The van der Waals surface area contributed by atoms with Gasteiger partial charge in [0.2, 0.25) is 5.91 Å². The summed E-state index contributed by atoms with van der Waals surface area (Å²) in [6.45, 7) is 4.89. The van der Waals surface area contributed by atoms with Gasteiger partial charge in [-0.15, -0.1) is 0 Å². The van der Waals surface area contributed by atoms with E-state index >= 15 is 0 Å². The van der Waals surface area contributed by atoms with E-state index in [0.29, 0.717) is 27.2 Å². The molecule has 2 aromatic rings. The predicted octanol–water partition coefficient (Wildman–Crippen LogP) is 4.67. The Morgan fingerprint density at radius 1 is 1.08 bits per heavy atom. The van der Waals surface area contributed by atoms with Crippen molar-refractivity contribution >= 4 is 46.4 Å². The fourth-order valence-corrected chi connectivity index (χ4v) is 2.54. The van der Waals surface area contributed by atoms with E-state index in [2.05, 4.69) is 10.6 Å². The smallest absolute Gasteiger partial charge is 0.265 e. The molecule has 2 N–H and O–H groups in total. The molecule has 25 heavy (non-hydrogen) atoms. The van der Waals surface area contributed by atoms with E-state index in [1.54, 1.807) is 37.3 Å². The number of aryl methyl sites for hydroxylation is 1. The molecule has 2 aromatic carbocycles. The molecule has 0 saturated carbocycles. The van der Waals surface area contributed by atoms with Crippen LogP contribution in [0.1, 0.15) is 19.4 Å². The molecular formula is C18H18Cl2N2O3. The summed E-state index contributed by atoms with van der Waals surface area (Å²) < 4.78 is 5.60. The number of carbonyl (C=O) groups excluding carboxylic acids is 2. The standard InChI is InChI=1S/C18H18Cl2N2O3/c1-10-4-6-14(21-12(3)23)9-16(10)22-18(24)11(2)25-17-7-5-13(19)8-15(17)20/h4-9,11H,1-3H3,(H,21,23)(H,22,24). The molecular weight excluding hydrogens is 363 g/mol. The summed E-state index contributed by atoms with van der Waals surface area (Å²) in [5.41, 5.74) is 2.05. The van der Waals surface area contributed by atoms with Crippen molar-refractivity contribution in [2.45, 2.75) is 26.9 Å². The minimum atomic E-state index is -0.775. The monoisotopic (exact) mass is 380 g/mol. The third-order valence-electron chi connectivity index (χ3n) is 3.38. The Balaban J connectivity index is 2.09. The van der Waals surface area contributed by atoms with Crippen LogP contribution in [0, 0.1) is 6.92 Å². The van der Waals surface area contributed by atoms with Gasteiger partial charge in [0.15, 0.2) is 6.10 Å². The lowest BCUT2D eigenvalue weighted by atomic mass is 10.1. The van der Waals surface area contributed by atoms with Crippen molar-refractivity contribution in [1.82, 2.24) is 0 Å². The number of nitrogens with one attached hydrogen (secondary N) is 2. The van der Waals surface area contributed by atoms with Gasteiger partial charge in [0.05, 0.1) is 5.02 Å². The second-order valence-electron chi connectivity index (χ2n) is 5.53. The number of anilines is 2. The molecule has 1 atom stereocenters. The van der Waals surface area contributed by atoms with Gasteiger partial charge in [0.25, 0.3) is 5.91 Å². The fraction of sp³-hybridized carbons (Fsp3) is 0.222. The van der Waals surface area contributed by atoms with Gasteiger partial charge >= 0.3 is 0 Å². The average Bonchev–Trinajstić information content (AvgIpc) is 2.52. The second kappa shape index (κ2) is 8.23. The van der Waals surface area contributed by atoms with Crippen molar-refractivity contribution in [3.63, 3.8) is 0 Å². The third-order valence-corrected chi connectivity index (χ3v) is 3.91. The minimum Gasteiger partial charge on any atom is -0.479 e. The lowest BCUT2D eigenvalue weighted by molar-refractivity contribution is -0.122. The molecule has 5 nitrogen and oxygen atoms in total. The topological polar surface area (TPSA) is 67.4 Å². The zero-order valence-electron chi connectivity index (χ0n) is 14.0. The maximum Gasteiger partial charge on any atom is 0.265 e. The lowest BCUT2D eigenvalue weighted by Crippen LogP contribution is -2.30. The molecule has 7 heteroatoms. The van der Waals surface area contributed by atoms with Crippen molar-refractivity contribution in [3.8, 4) is 5.75 Å². The highest BCUT2D eigenvalue weighted by Crippen LogP contribution is 2.28. The van der Waals surface area contributed by atoms with Crippen molar-refractivity contribution in [3.05, 3.63) is 52.0 Å². The molecule has 0 fully saturated rings. The number of benzene rings is 2. The van der Waals surface area contributed by atoms with E-state index < -0.39 is 6.10 Å². The molecule has 0 aliphatic carbocycles. The summed E-state index contributed by atoms with van der Waals surface area (Å²) in [5.74, 6) is -0.151. The number of halogens is 2. The van der Waals surface area contributed by atoms with Gasteiger partial charge in [0, 0.05) is 23.3 Å². The lowest BCUT2D eigenvalue weighted by Gasteiger charge is -2.17. The van der Waals surface area contributed by atoms with Crippen LogP contribution in [0.25, 0.3) is 0 Å². The Hall–Kier alpha value is -2.24. The molecule has 0 aliphatic heterocycles. The number of ether oxygens (including phenoxy) is 1. The van der Waals surface area contributed by atoms with Gasteiger partial charge in [-0.05, 0) is 49.7 Å². The first-order valence-electron chi connectivity index (χ1n) is 7.57. The predicted molar refractivity (Wildman–Crippen MR) is 101 cm³/mol. The molecule has 0 spiro atoms. The SMILES string of the molecule is CC(=O)Nc1ccc(C)c(NC(=O)C(C)Oc2ccc(Cl)cc2Cl)c1. The van der Waals surface area contributed by atoms with Crippen molar-refractivity contribution in [2.75, 3.05) is 10.6 Å². The third kappa shape index (κ3) is 5.37. The van der Waals surface area contributed by atoms with Gasteiger partial charge in [-0.1, -0.05) is 29.3 Å². The summed E-state index contributed by atoms with van der Waals surface area (Å²) in [4.78, 5) is 23.5. The van der Waals surface area contributed by atoms with Gasteiger partial charge in [0.1, 0.15) is 5.75 Å². The number of amides is 2. The average molecular weight is 381 g/mol. The van der Waals surface area contributed by atoms with Crippen LogP contribution in [0.4, 0.5) is 11.4 Å². The van der Waals surface area contributed by atoms with Gasteiger partial charge < -0.3 is 15.4 Å². The highest BCUT2D eigenvalue weighted by Gasteiger charge is 2.17. The van der Waals surface area contributed by atoms with Crippen LogP contribution in [-0.2, 0) is 9.59 Å². The first kappa shape index (κ1) is 19.1. The van der Waals surface area contributed by atoms with Crippen LogP contribution in [-0.4, -0.2) is 17.9 Å². The van der Waals surface area contributed by atoms with E-state index in [1.165, 1.54) is 6.92 Å². The zero-order chi connectivity index (χ0) is 18.6. The number of carbonyl (C=O) groups is 2. The Kier molecular flexibility index (Phi) is 6.28. The number of hydrogen-bond donors (Lipinski definition) is 2. The molecule has 0 bridgehead atoms. The first-order chi connectivity index (χ1) is 11.8. The summed E-state index contributed by atoms with van der Waals surface area (Å²) in [5, 5.41) is 6.28. The highest BCUT2D eigenvalue weighted by molar-refractivity contribution is 6.35. The molecule has 2 rings (SSSR count). The Bertz CT molecular complexity index is 809. The van der Waals surface area contributed by atoms with E-state index in [9.17, 15) is 9.59 Å². The summed E-state index contributed by atoms with van der Waals surface area (Å²) >= 11 is 11.9. The molecule has 0 aliphatic rings. The van der Waals surface area contributed by atoms with Crippen LogP contribution >= 0.6 is 23.2 Å². The number of rotatable bonds is 5. The van der Waals surface area contributed by atoms with E-state index in [4.69, 9.17) is 27.9 Å². The van der Waals surface area contributed by atoms with E-state index in [0.717, 1.165) is 5.56 Å². The van der Waals surface area contributed by atoms with Crippen LogP contribution in [0.2, 0.25) is 10.0 Å². The second-order valence-corrected chi connectivity index (χ2v) is 6.38. The summed E-state index contributed by atoms with van der Waals surface area (Å²) in [6.07, 6.45) is -0.775. The molecule has 1 unspecified atom stereocenters. The van der Waals surface area contributed by atoms with Crippen LogP contribution < -0.4 is 15.4 Å². The molecule has 0 radical (unpaired) electrons. The zero-order valence-corrected chi connectivity index (χ0v) is 15.5. The van der Waals surface area contributed by atoms with Crippen molar-refractivity contribution in [1.29, 1.82) is 0 Å². The van der Waals surface area contributed by atoms with Crippen LogP contribution in [0.5, 0.6) is 5.75 Å². The van der Waals surface area contributed by atoms with Gasteiger partial charge in [-0.3, -0.25) is 9.59 Å². The molecule has 0 saturated heterocycles. The van der Waals surface area contributed by atoms with Gasteiger partial charge in [-0.2, -0.15) is 0 Å². The molecule has 0 aromatic heterocycles. The van der Waals surface area contributed by atoms with E-state index in [-0.39, 0.29) is 11.8 Å². The Morgan fingerprint density at radius 2 is 1.80 bits per heavy atom.